The highest BCUT2D eigenvalue weighted by Gasteiger charge is 2.40. The van der Waals surface area contributed by atoms with Crippen LogP contribution in [0.15, 0.2) is 24.4 Å². The van der Waals surface area contributed by atoms with Gasteiger partial charge in [-0.3, -0.25) is 0 Å². The average Bonchev–Trinajstić information content (AvgIpc) is 3.39. The number of benzene rings is 1. The van der Waals surface area contributed by atoms with Crippen molar-refractivity contribution in [2.24, 2.45) is 0 Å². The topological polar surface area (TPSA) is 99.1 Å². The Morgan fingerprint density at radius 2 is 1.97 bits per heavy atom. The van der Waals surface area contributed by atoms with Gasteiger partial charge in [0.1, 0.15) is 17.1 Å². The van der Waals surface area contributed by atoms with E-state index in [0.717, 1.165) is 25.7 Å². The number of aromatic nitrogens is 1. The molecule has 2 fully saturated rings. The van der Waals surface area contributed by atoms with E-state index in [0.29, 0.717) is 55.4 Å². The lowest BCUT2D eigenvalue weighted by Crippen LogP contribution is -2.50. The smallest absolute Gasteiger partial charge is 0.329 e. The van der Waals surface area contributed by atoms with Crippen molar-refractivity contribution < 1.29 is 33.2 Å². The quantitative estimate of drug-likeness (QED) is 0.492. The molecule has 2 aromatic rings. The van der Waals surface area contributed by atoms with Gasteiger partial charge in [0.15, 0.2) is 11.6 Å². The van der Waals surface area contributed by atoms with Crippen LogP contribution >= 0.6 is 0 Å². The molecule has 0 unspecified atom stereocenters. The van der Waals surface area contributed by atoms with Gasteiger partial charge in [-0.1, -0.05) is 12.8 Å². The number of halogens is 1. The van der Waals surface area contributed by atoms with Gasteiger partial charge < -0.3 is 29.4 Å². The van der Waals surface area contributed by atoms with E-state index < -0.39 is 17.3 Å². The molecule has 9 heteroatoms. The van der Waals surface area contributed by atoms with Gasteiger partial charge >= 0.3 is 5.97 Å². The minimum Gasteiger partial charge on any atom is -0.497 e. The lowest BCUT2D eigenvalue weighted by atomic mass is 9.90. The molecular weight excluding hydrogens is 455 g/mol. The molecule has 35 heavy (non-hydrogen) atoms. The number of pyridine rings is 1. The van der Waals surface area contributed by atoms with Gasteiger partial charge in [0.2, 0.25) is 0 Å². The van der Waals surface area contributed by atoms with Crippen LogP contribution < -0.4 is 14.8 Å². The van der Waals surface area contributed by atoms with Crippen LogP contribution in [0.2, 0.25) is 0 Å². The molecule has 4 rings (SSSR count). The molecule has 2 aliphatic rings. The third-order valence-electron chi connectivity index (χ3n) is 6.73. The number of rotatable bonds is 10. The van der Waals surface area contributed by atoms with E-state index in [-0.39, 0.29) is 24.0 Å². The van der Waals surface area contributed by atoms with Crippen molar-refractivity contribution in [2.75, 3.05) is 32.2 Å². The second-order valence-electron chi connectivity index (χ2n) is 8.99. The summed E-state index contributed by atoms with van der Waals surface area (Å²) in [6, 6.07) is 4.88. The molecule has 1 aliphatic carbocycles. The van der Waals surface area contributed by atoms with Crippen molar-refractivity contribution >= 4 is 11.8 Å². The third-order valence-corrected chi connectivity index (χ3v) is 6.73. The first-order chi connectivity index (χ1) is 17.0. The molecule has 0 radical (unpaired) electrons. The monoisotopic (exact) mass is 488 g/mol. The summed E-state index contributed by atoms with van der Waals surface area (Å²) in [5, 5.41) is 13.0. The Morgan fingerprint density at radius 3 is 2.63 bits per heavy atom. The SMILES string of the molecule is CCOc1cc(OC)cc(-c2cnc(NC3(C(=O)O)CCOCC3)cc2COC2CCCC2)c1F. The Balaban J connectivity index is 1.72. The zero-order chi connectivity index (χ0) is 24.8. The first kappa shape index (κ1) is 25.2. The fraction of sp³-hybridized carbons (Fsp3) is 0.538. The van der Waals surface area contributed by atoms with Gasteiger partial charge in [-0.25, -0.2) is 14.2 Å². The lowest BCUT2D eigenvalue weighted by Gasteiger charge is -2.34. The molecule has 2 heterocycles. The molecule has 1 saturated carbocycles. The number of carboxylic acids is 1. The largest absolute Gasteiger partial charge is 0.497 e. The molecule has 0 bridgehead atoms. The Morgan fingerprint density at radius 1 is 1.23 bits per heavy atom. The summed E-state index contributed by atoms with van der Waals surface area (Å²) < 4.78 is 37.9. The number of anilines is 1. The lowest BCUT2D eigenvalue weighted by molar-refractivity contribution is -0.145. The van der Waals surface area contributed by atoms with Crippen molar-refractivity contribution in [1.29, 1.82) is 0 Å². The molecule has 1 saturated heterocycles. The maximum absolute atomic E-state index is 15.5. The van der Waals surface area contributed by atoms with E-state index in [2.05, 4.69) is 10.3 Å². The zero-order valence-electron chi connectivity index (χ0n) is 20.3. The van der Waals surface area contributed by atoms with E-state index in [4.69, 9.17) is 18.9 Å². The predicted molar refractivity (Wildman–Crippen MR) is 128 cm³/mol. The molecule has 1 aromatic heterocycles. The number of nitrogens with zero attached hydrogens (tertiary/aromatic N) is 1. The van der Waals surface area contributed by atoms with Crippen LogP contribution in [0.4, 0.5) is 10.2 Å². The van der Waals surface area contributed by atoms with Crippen LogP contribution in [0.1, 0.15) is 51.0 Å². The Hall–Kier alpha value is -2.91. The summed E-state index contributed by atoms with van der Waals surface area (Å²) in [7, 11) is 1.52. The van der Waals surface area contributed by atoms with E-state index in [1.165, 1.54) is 13.2 Å². The summed E-state index contributed by atoms with van der Waals surface area (Å²) in [4.78, 5) is 16.6. The molecule has 2 N–H and O–H groups in total. The Kier molecular flexibility index (Phi) is 8.07. The number of aliphatic carboxylic acids is 1. The number of ether oxygens (including phenoxy) is 4. The minimum atomic E-state index is -1.17. The molecule has 1 aliphatic heterocycles. The standard InChI is InChI=1S/C26H33FN2O6/c1-3-34-22-14-19(32-2)13-20(24(22)27)21-15-28-23(12-17(21)16-35-18-6-4-5-7-18)29-26(25(30)31)8-10-33-11-9-26/h12-15,18H,3-11,16H2,1-2H3,(H,28,29)(H,30,31). The molecule has 190 valence electrons. The predicted octanol–water partition coefficient (Wildman–Crippen LogP) is 4.80. The van der Waals surface area contributed by atoms with Crippen LogP contribution in [0, 0.1) is 5.82 Å². The van der Waals surface area contributed by atoms with Crippen molar-refractivity contribution in [3.05, 3.63) is 35.8 Å². The molecule has 8 nitrogen and oxygen atoms in total. The molecular formula is C26H33FN2O6. The fourth-order valence-corrected chi connectivity index (χ4v) is 4.69. The summed E-state index contributed by atoms with van der Waals surface area (Å²) in [6.07, 6.45) is 6.60. The third kappa shape index (κ3) is 5.67. The van der Waals surface area contributed by atoms with Gasteiger partial charge in [0.05, 0.1) is 26.4 Å². The van der Waals surface area contributed by atoms with Gasteiger partial charge in [0, 0.05) is 49.4 Å². The van der Waals surface area contributed by atoms with Crippen LogP contribution in [0.5, 0.6) is 11.5 Å². The number of nitrogens with one attached hydrogen (secondary N) is 1. The highest BCUT2D eigenvalue weighted by molar-refractivity contribution is 5.83. The molecule has 0 amide bonds. The summed E-state index contributed by atoms with van der Waals surface area (Å²) in [5.74, 6) is -0.503. The number of carbonyl (C=O) groups is 1. The number of hydrogen-bond donors (Lipinski definition) is 2. The van der Waals surface area contributed by atoms with Crippen molar-refractivity contribution in [1.82, 2.24) is 4.98 Å². The number of methoxy groups -OCH3 is 1. The van der Waals surface area contributed by atoms with E-state index >= 15 is 4.39 Å². The summed E-state index contributed by atoms with van der Waals surface area (Å²) in [5.41, 5.74) is 0.370. The van der Waals surface area contributed by atoms with Crippen molar-refractivity contribution in [3.63, 3.8) is 0 Å². The van der Waals surface area contributed by atoms with E-state index in [1.807, 2.05) is 0 Å². The van der Waals surface area contributed by atoms with Crippen LogP contribution in [0.25, 0.3) is 11.1 Å². The normalized spacial score (nSPS) is 17.8. The fourth-order valence-electron chi connectivity index (χ4n) is 4.69. The van der Waals surface area contributed by atoms with Crippen molar-refractivity contribution in [3.8, 4) is 22.6 Å². The van der Waals surface area contributed by atoms with E-state index in [1.54, 1.807) is 25.3 Å². The summed E-state index contributed by atoms with van der Waals surface area (Å²) in [6.45, 7) is 3.05. The Labute approximate surface area is 204 Å². The highest BCUT2D eigenvalue weighted by Crippen LogP contribution is 2.37. The number of hydrogen-bond acceptors (Lipinski definition) is 7. The zero-order valence-corrected chi connectivity index (χ0v) is 20.3. The van der Waals surface area contributed by atoms with Crippen LogP contribution in [-0.2, 0) is 20.9 Å². The maximum atomic E-state index is 15.5. The molecule has 0 atom stereocenters. The second-order valence-corrected chi connectivity index (χ2v) is 8.99. The van der Waals surface area contributed by atoms with Crippen molar-refractivity contribution in [2.45, 2.75) is 63.7 Å². The summed E-state index contributed by atoms with van der Waals surface area (Å²) >= 11 is 0. The molecule has 0 spiro atoms. The highest BCUT2D eigenvalue weighted by atomic mass is 19.1. The second kappa shape index (κ2) is 11.2. The van der Waals surface area contributed by atoms with E-state index in [9.17, 15) is 9.90 Å². The Bertz CT molecular complexity index is 1030. The van der Waals surface area contributed by atoms with Gasteiger partial charge in [-0.15, -0.1) is 0 Å². The van der Waals surface area contributed by atoms with Crippen LogP contribution in [-0.4, -0.2) is 54.6 Å². The van der Waals surface area contributed by atoms with Gasteiger partial charge in [0.25, 0.3) is 0 Å². The van der Waals surface area contributed by atoms with Crippen LogP contribution in [0.3, 0.4) is 0 Å². The molecule has 1 aromatic carbocycles. The maximum Gasteiger partial charge on any atom is 0.329 e. The van der Waals surface area contributed by atoms with Gasteiger partial charge in [-0.2, -0.15) is 0 Å². The first-order valence-corrected chi connectivity index (χ1v) is 12.2. The average molecular weight is 489 g/mol. The first-order valence-electron chi connectivity index (χ1n) is 12.2. The minimum absolute atomic E-state index is 0.0961. The number of carboxylic acid groups (broad SMARTS) is 1. The van der Waals surface area contributed by atoms with Gasteiger partial charge in [-0.05, 0) is 37.5 Å².